The van der Waals surface area contributed by atoms with E-state index in [2.05, 4.69) is 19.7 Å². The molecule has 0 saturated heterocycles. The fourth-order valence-corrected chi connectivity index (χ4v) is 11.4. The topological polar surface area (TPSA) is 0 Å². The summed E-state index contributed by atoms with van der Waals surface area (Å²) in [7, 11) is 4.72. The maximum atomic E-state index is 5.95. The van der Waals surface area contributed by atoms with Crippen molar-refractivity contribution in [1.82, 2.24) is 0 Å². The van der Waals surface area contributed by atoms with Gasteiger partial charge in [0.1, 0.15) is 0 Å². The first kappa shape index (κ1) is 13.4. The van der Waals surface area contributed by atoms with Crippen molar-refractivity contribution in [1.29, 1.82) is 0 Å². The van der Waals surface area contributed by atoms with Crippen LogP contribution in [0.2, 0.25) is 22.5 Å². The van der Waals surface area contributed by atoms with Gasteiger partial charge in [0.2, 0.25) is 0 Å². The first-order valence-corrected chi connectivity index (χ1v) is 10.5. The molecule has 0 radical (unpaired) electrons. The Hall–Kier alpha value is 0.441. The third kappa shape index (κ3) is 5.02. The van der Waals surface area contributed by atoms with Crippen LogP contribution < -0.4 is 0 Å². The zero-order valence-corrected chi connectivity index (χ0v) is 11.4. The van der Waals surface area contributed by atoms with Crippen LogP contribution in [0, 0.1) is 0 Å². The van der Waals surface area contributed by atoms with Crippen LogP contribution in [-0.2, 0) is 18.1 Å². The van der Waals surface area contributed by atoms with Gasteiger partial charge in [0.25, 0.3) is 0 Å². The molecule has 0 spiro atoms. The van der Waals surface area contributed by atoms with E-state index in [4.69, 9.17) is 9.30 Å². The summed E-state index contributed by atoms with van der Waals surface area (Å²) >= 11 is -0.249. The van der Waals surface area contributed by atoms with Crippen molar-refractivity contribution in [3.05, 3.63) is 38.0 Å². The monoisotopic (exact) mass is 248 g/mol. The third-order valence-corrected chi connectivity index (χ3v) is 12.3. The molecule has 0 aromatic rings. The summed E-state index contributed by atoms with van der Waals surface area (Å²) in [5, 5.41) is 0. The van der Waals surface area contributed by atoms with E-state index in [1.807, 2.05) is 18.2 Å². The van der Waals surface area contributed by atoms with Crippen molar-refractivity contribution < 1.29 is 18.1 Å². The number of rotatable bonds is 8. The molecule has 0 amide bonds. The van der Waals surface area contributed by atoms with Gasteiger partial charge in [-0.2, -0.15) is 0 Å². The predicted octanol–water partition coefficient (Wildman–Crippen LogP) is 4.19. The molecule has 0 aliphatic carbocycles. The Morgan fingerprint density at radius 3 is 1.62 bits per heavy atom. The quantitative estimate of drug-likeness (QED) is 0.446. The van der Waals surface area contributed by atoms with Gasteiger partial charge in [-0.25, -0.2) is 0 Å². The second-order valence-corrected chi connectivity index (χ2v) is 11.0. The molecule has 0 heterocycles. The summed E-state index contributed by atoms with van der Waals surface area (Å²) in [5.41, 5.74) is 0. The molecule has 0 saturated carbocycles. The summed E-state index contributed by atoms with van der Waals surface area (Å²) in [6.07, 6.45) is 6.12. The standard InChI is InChI=1S/C10H17Si.ClH.Ti/c1-5-8-11(4,9-6-2)10-7-3;;/h5-7H,1-4,8-10H2;1H;/q;;+1/p-1. The minimum absolute atomic E-state index is 0.249. The fourth-order valence-electron chi connectivity index (χ4n) is 1.53. The predicted molar refractivity (Wildman–Crippen MR) is 61.4 cm³/mol. The first-order chi connectivity index (χ1) is 6.24. The second kappa shape index (κ2) is 7.81. The molecule has 0 atom stereocenters. The van der Waals surface area contributed by atoms with Crippen LogP contribution in [0.15, 0.2) is 38.0 Å². The van der Waals surface area contributed by atoms with Gasteiger partial charge < -0.3 is 0 Å². The van der Waals surface area contributed by atoms with Crippen LogP contribution in [0.1, 0.15) is 0 Å². The molecule has 0 rings (SSSR count). The Labute approximate surface area is 95.6 Å². The number of halogens is 1. The molecule has 0 aliphatic rings. The molecule has 0 bridgehead atoms. The van der Waals surface area contributed by atoms with Crippen LogP contribution in [0.25, 0.3) is 0 Å². The Bertz CT molecular complexity index is 153. The van der Waals surface area contributed by atoms with Crippen molar-refractivity contribution >= 4 is 17.4 Å². The Kier molecular flexibility index (Phi) is 8.07. The second-order valence-electron chi connectivity index (χ2n) is 3.29. The van der Waals surface area contributed by atoms with E-state index in [0.29, 0.717) is 0 Å². The summed E-state index contributed by atoms with van der Waals surface area (Å²) in [4.78, 5) is 0. The molecule has 0 aromatic carbocycles. The van der Waals surface area contributed by atoms with Crippen molar-refractivity contribution in [3.63, 3.8) is 0 Å². The summed E-state index contributed by atoms with van der Waals surface area (Å²) in [6.45, 7) is 11.5. The summed E-state index contributed by atoms with van der Waals surface area (Å²) in [6, 6.07) is 3.46. The average Bonchev–Trinajstić information content (AvgIpc) is 2.06. The van der Waals surface area contributed by atoms with Crippen molar-refractivity contribution in [2.75, 3.05) is 0 Å². The average molecular weight is 249 g/mol. The van der Waals surface area contributed by atoms with E-state index in [1.54, 1.807) is 0 Å². The van der Waals surface area contributed by atoms with E-state index in [1.165, 1.54) is 4.35 Å². The zero-order chi connectivity index (χ0) is 10.2. The van der Waals surface area contributed by atoms with Crippen LogP contribution >= 0.6 is 9.30 Å². The van der Waals surface area contributed by atoms with Crippen LogP contribution in [0.3, 0.4) is 0 Å². The molecule has 0 nitrogen and oxygen atoms in total. The first-order valence-electron chi connectivity index (χ1n) is 4.41. The number of allylic oxidation sites excluding steroid dienone is 3. The number of hydrogen-bond donors (Lipinski definition) is 0. The van der Waals surface area contributed by atoms with Gasteiger partial charge >= 0.3 is 95.9 Å². The fraction of sp³-hybridized carbons (Fsp3) is 0.400. The number of hydrogen-bond acceptors (Lipinski definition) is 0. The molecule has 0 fully saturated rings. The minimum atomic E-state index is -1.23. The van der Waals surface area contributed by atoms with E-state index in [0.717, 1.165) is 18.1 Å². The molecule has 13 heavy (non-hydrogen) atoms. The van der Waals surface area contributed by atoms with Crippen molar-refractivity contribution in [2.45, 2.75) is 22.5 Å². The normalized spacial score (nSPS) is 10.5. The molecule has 0 unspecified atom stereocenters. The van der Waals surface area contributed by atoms with Gasteiger partial charge in [-0.15, -0.1) is 0 Å². The SMILES string of the molecule is C=CC[Si](CC=C)(CC=C)[CH2][Ti][Cl]. The van der Waals surface area contributed by atoms with E-state index in [-0.39, 0.29) is 18.1 Å². The summed E-state index contributed by atoms with van der Waals surface area (Å²) < 4.78 is 1.26. The van der Waals surface area contributed by atoms with Crippen molar-refractivity contribution in [3.8, 4) is 0 Å². The van der Waals surface area contributed by atoms with Gasteiger partial charge in [0, 0.05) is 0 Å². The van der Waals surface area contributed by atoms with Gasteiger partial charge in [-0.3, -0.25) is 0 Å². The molecule has 0 N–H and O–H groups in total. The van der Waals surface area contributed by atoms with Crippen molar-refractivity contribution in [2.24, 2.45) is 0 Å². The van der Waals surface area contributed by atoms with E-state index < -0.39 is 8.07 Å². The molecule has 0 aliphatic heterocycles. The molecular weight excluding hydrogens is 232 g/mol. The molecular formula is C10H17ClSiTi. The summed E-state index contributed by atoms with van der Waals surface area (Å²) in [5.74, 6) is 0. The van der Waals surface area contributed by atoms with Crippen LogP contribution in [0.5, 0.6) is 0 Å². The van der Waals surface area contributed by atoms with Gasteiger partial charge in [-0.05, 0) is 0 Å². The van der Waals surface area contributed by atoms with Gasteiger partial charge in [0.15, 0.2) is 0 Å². The van der Waals surface area contributed by atoms with Gasteiger partial charge in [0.05, 0.1) is 0 Å². The Morgan fingerprint density at radius 2 is 1.38 bits per heavy atom. The van der Waals surface area contributed by atoms with Crippen LogP contribution in [-0.4, -0.2) is 8.07 Å². The zero-order valence-electron chi connectivity index (χ0n) is 8.06. The third-order valence-electron chi connectivity index (χ3n) is 2.17. The molecule has 72 valence electrons. The molecule has 0 aromatic heterocycles. The molecule has 3 heteroatoms. The Balaban J connectivity index is 4.44. The Morgan fingerprint density at radius 1 is 1.00 bits per heavy atom. The maximum absolute atomic E-state index is 5.95. The van der Waals surface area contributed by atoms with Gasteiger partial charge in [-0.1, -0.05) is 0 Å². The van der Waals surface area contributed by atoms with E-state index in [9.17, 15) is 0 Å². The van der Waals surface area contributed by atoms with Crippen LogP contribution in [0.4, 0.5) is 0 Å². The van der Waals surface area contributed by atoms with E-state index >= 15 is 0 Å².